The van der Waals surface area contributed by atoms with Gasteiger partial charge in [-0.2, -0.15) is 0 Å². The van der Waals surface area contributed by atoms with Gasteiger partial charge in [0, 0.05) is 31.6 Å². The Morgan fingerprint density at radius 3 is 2.95 bits per heavy atom. The van der Waals surface area contributed by atoms with Crippen molar-refractivity contribution in [2.75, 3.05) is 13.1 Å². The molecule has 1 saturated heterocycles. The summed E-state index contributed by atoms with van der Waals surface area (Å²) < 4.78 is 0. The molecule has 1 aromatic rings. The molecular weight excluding hydrogens is 250 g/mol. The molecule has 0 saturated carbocycles. The van der Waals surface area contributed by atoms with Crippen molar-refractivity contribution in [1.29, 1.82) is 0 Å². The normalized spacial score (nSPS) is 17.6. The Hall–Kier alpha value is -2.03. The minimum Gasteiger partial charge on any atom is -0.508 e. The SMILES string of the molecule is C=CCc1cc(C=C2CC(=O)CCN2CC)ccc1O. The van der Waals surface area contributed by atoms with Gasteiger partial charge in [-0.25, -0.2) is 0 Å². The summed E-state index contributed by atoms with van der Waals surface area (Å²) in [6, 6.07) is 5.53. The number of piperidine rings is 1. The van der Waals surface area contributed by atoms with E-state index in [2.05, 4.69) is 18.4 Å². The number of carbonyl (C=O) groups excluding carboxylic acids is 1. The van der Waals surface area contributed by atoms with Gasteiger partial charge in [0.1, 0.15) is 11.5 Å². The number of nitrogens with zero attached hydrogens (tertiary/aromatic N) is 1. The number of allylic oxidation sites excluding steroid dienone is 2. The van der Waals surface area contributed by atoms with E-state index >= 15 is 0 Å². The zero-order valence-corrected chi connectivity index (χ0v) is 11.9. The molecule has 0 atom stereocenters. The summed E-state index contributed by atoms with van der Waals surface area (Å²) >= 11 is 0. The molecular formula is C17H21NO2. The molecule has 1 N–H and O–H groups in total. The Kier molecular flexibility index (Phi) is 4.61. The topological polar surface area (TPSA) is 40.5 Å². The summed E-state index contributed by atoms with van der Waals surface area (Å²) in [6.45, 7) is 7.52. The number of phenolic OH excluding ortho intramolecular Hbond substituents is 1. The van der Waals surface area contributed by atoms with E-state index in [1.165, 1.54) is 0 Å². The average molecular weight is 271 g/mol. The van der Waals surface area contributed by atoms with Gasteiger partial charge in [-0.15, -0.1) is 6.58 Å². The highest BCUT2D eigenvalue weighted by Crippen LogP contribution is 2.24. The maximum absolute atomic E-state index is 11.6. The van der Waals surface area contributed by atoms with Crippen LogP contribution in [0.3, 0.4) is 0 Å². The first-order valence-corrected chi connectivity index (χ1v) is 7.04. The fourth-order valence-corrected chi connectivity index (χ4v) is 2.52. The summed E-state index contributed by atoms with van der Waals surface area (Å²) in [5.74, 6) is 0.588. The van der Waals surface area contributed by atoms with Crippen LogP contribution in [0.4, 0.5) is 0 Å². The van der Waals surface area contributed by atoms with Gasteiger partial charge >= 0.3 is 0 Å². The smallest absolute Gasteiger partial charge is 0.140 e. The second-order valence-electron chi connectivity index (χ2n) is 5.06. The number of likely N-dealkylation sites (tertiary alicyclic amines) is 1. The van der Waals surface area contributed by atoms with Gasteiger partial charge in [-0.1, -0.05) is 12.1 Å². The van der Waals surface area contributed by atoms with Gasteiger partial charge in [-0.05, 0) is 42.7 Å². The van der Waals surface area contributed by atoms with Gasteiger partial charge < -0.3 is 10.0 Å². The first kappa shape index (κ1) is 14.4. The molecule has 20 heavy (non-hydrogen) atoms. The van der Waals surface area contributed by atoms with Crippen molar-refractivity contribution >= 4 is 11.9 Å². The van der Waals surface area contributed by atoms with Crippen LogP contribution in [0, 0.1) is 0 Å². The van der Waals surface area contributed by atoms with Gasteiger partial charge in [0.05, 0.1) is 0 Å². The minimum absolute atomic E-state index is 0.291. The third-order valence-electron chi connectivity index (χ3n) is 3.63. The Morgan fingerprint density at radius 2 is 2.25 bits per heavy atom. The van der Waals surface area contributed by atoms with E-state index < -0.39 is 0 Å². The zero-order chi connectivity index (χ0) is 14.5. The van der Waals surface area contributed by atoms with E-state index in [0.717, 1.165) is 29.9 Å². The molecule has 1 aromatic carbocycles. The fourth-order valence-electron chi connectivity index (χ4n) is 2.52. The van der Waals surface area contributed by atoms with Crippen LogP contribution in [0.25, 0.3) is 6.08 Å². The van der Waals surface area contributed by atoms with Crippen molar-refractivity contribution in [1.82, 2.24) is 4.90 Å². The van der Waals surface area contributed by atoms with Crippen LogP contribution in [-0.2, 0) is 11.2 Å². The molecule has 1 heterocycles. The average Bonchev–Trinajstić information content (AvgIpc) is 2.43. The standard InChI is InChI=1S/C17H21NO2/c1-3-5-14-10-13(6-7-17(14)20)11-15-12-16(19)8-9-18(15)4-2/h3,6-7,10-11,20H,1,4-5,8-9,12H2,2H3. The van der Waals surface area contributed by atoms with Crippen molar-refractivity contribution < 1.29 is 9.90 Å². The Balaban J connectivity index is 2.30. The lowest BCUT2D eigenvalue weighted by Gasteiger charge is -2.30. The number of rotatable bonds is 4. The molecule has 0 spiro atoms. The summed E-state index contributed by atoms with van der Waals surface area (Å²) in [7, 11) is 0. The highest BCUT2D eigenvalue weighted by Gasteiger charge is 2.19. The number of hydrogen-bond donors (Lipinski definition) is 1. The van der Waals surface area contributed by atoms with Crippen molar-refractivity contribution in [2.45, 2.75) is 26.2 Å². The van der Waals surface area contributed by atoms with Crippen molar-refractivity contribution in [3.05, 3.63) is 47.7 Å². The van der Waals surface area contributed by atoms with E-state index in [9.17, 15) is 9.90 Å². The summed E-state index contributed by atoms with van der Waals surface area (Å²) in [4.78, 5) is 13.9. The van der Waals surface area contributed by atoms with Gasteiger partial charge in [0.2, 0.25) is 0 Å². The Bertz CT molecular complexity index is 546. The lowest BCUT2D eigenvalue weighted by Crippen LogP contribution is -2.31. The largest absolute Gasteiger partial charge is 0.508 e. The first-order chi connectivity index (χ1) is 9.63. The molecule has 1 fully saturated rings. The zero-order valence-electron chi connectivity index (χ0n) is 11.9. The Labute approximate surface area is 120 Å². The molecule has 3 nitrogen and oxygen atoms in total. The highest BCUT2D eigenvalue weighted by atomic mass is 16.3. The van der Waals surface area contributed by atoms with Crippen molar-refractivity contribution in [3.8, 4) is 5.75 Å². The molecule has 0 unspecified atom stereocenters. The Morgan fingerprint density at radius 1 is 1.45 bits per heavy atom. The number of Topliss-reactive ketones (excluding diaryl/α,β-unsaturated/α-hetero) is 1. The van der Waals surface area contributed by atoms with Gasteiger partial charge in [-0.3, -0.25) is 4.79 Å². The van der Waals surface area contributed by atoms with Crippen LogP contribution < -0.4 is 0 Å². The lowest BCUT2D eigenvalue weighted by atomic mass is 10.0. The molecule has 2 rings (SSSR count). The van der Waals surface area contributed by atoms with Crippen molar-refractivity contribution in [2.24, 2.45) is 0 Å². The van der Waals surface area contributed by atoms with Crippen LogP contribution in [0.1, 0.15) is 30.9 Å². The third-order valence-corrected chi connectivity index (χ3v) is 3.63. The molecule has 3 heteroatoms. The molecule has 0 amide bonds. The van der Waals surface area contributed by atoms with E-state index in [1.54, 1.807) is 12.1 Å². The number of hydrogen-bond acceptors (Lipinski definition) is 3. The minimum atomic E-state index is 0.291. The van der Waals surface area contributed by atoms with Crippen LogP contribution in [0.15, 0.2) is 36.6 Å². The molecule has 0 aliphatic carbocycles. The molecule has 106 valence electrons. The molecule has 0 aromatic heterocycles. The van der Waals surface area contributed by atoms with Gasteiger partial charge in [0.15, 0.2) is 0 Å². The quantitative estimate of drug-likeness (QED) is 0.855. The molecule has 0 bridgehead atoms. The summed E-state index contributed by atoms with van der Waals surface area (Å²) in [6.07, 6.45) is 5.61. The van der Waals surface area contributed by atoms with Crippen LogP contribution >= 0.6 is 0 Å². The highest BCUT2D eigenvalue weighted by molar-refractivity contribution is 5.83. The monoisotopic (exact) mass is 271 g/mol. The molecule has 0 radical (unpaired) electrons. The van der Waals surface area contributed by atoms with Crippen LogP contribution in [-0.4, -0.2) is 28.9 Å². The van der Waals surface area contributed by atoms with Gasteiger partial charge in [0.25, 0.3) is 0 Å². The van der Waals surface area contributed by atoms with E-state index in [0.29, 0.717) is 30.8 Å². The summed E-state index contributed by atoms with van der Waals surface area (Å²) in [5.41, 5.74) is 2.95. The predicted octanol–water partition coefficient (Wildman–Crippen LogP) is 3.15. The maximum Gasteiger partial charge on any atom is 0.140 e. The number of carbonyl (C=O) groups is 1. The second kappa shape index (κ2) is 6.42. The molecule has 1 aliphatic rings. The first-order valence-electron chi connectivity index (χ1n) is 7.04. The van der Waals surface area contributed by atoms with E-state index in [1.807, 2.05) is 18.2 Å². The third kappa shape index (κ3) is 3.29. The maximum atomic E-state index is 11.6. The fraction of sp³-hybridized carbons (Fsp3) is 0.353. The lowest BCUT2D eigenvalue weighted by molar-refractivity contribution is -0.120. The number of ketones is 1. The van der Waals surface area contributed by atoms with Crippen molar-refractivity contribution in [3.63, 3.8) is 0 Å². The number of phenols is 1. The second-order valence-corrected chi connectivity index (χ2v) is 5.06. The molecule has 1 aliphatic heterocycles. The summed E-state index contributed by atoms with van der Waals surface area (Å²) in [5, 5.41) is 9.78. The number of benzene rings is 1. The van der Waals surface area contributed by atoms with Crippen LogP contribution in [0.2, 0.25) is 0 Å². The van der Waals surface area contributed by atoms with E-state index in [-0.39, 0.29) is 0 Å². The number of aromatic hydroxyl groups is 1. The van der Waals surface area contributed by atoms with Crippen LogP contribution in [0.5, 0.6) is 5.75 Å². The van der Waals surface area contributed by atoms with E-state index in [4.69, 9.17) is 0 Å². The predicted molar refractivity (Wildman–Crippen MR) is 81.5 cm³/mol.